The second-order valence-corrected chi connectivity index (χ2v) is 5.30. The maximum atomic E-state index is 12.0. The Labute approximate surface area is 111 Å². The van der Waals surface area contributed by atoms with Gasteiger partial charge in [-0.3, -0.25) is 4.79 Å². The van der Waals surface area contributed by atoms with E-state index in [9.17, 15) is 9.59 Å². The van der Waals surface area contributed by atoms with Crippen LogP contribution in [0.3, 0.4) is 0 Å². The molecule has 1 aromatic rings. The molecular weight excluding hydrogens is 244 g/mol. The van der Waals surface area contributed by atoms with Crippen LogP contribution < -0.4 is 0 Å². The lowest BCUT2D eigenvalue weighted by atomic mass is 9.94. The van der Waals surface area contributed by atoms with E-state index in [-0.39, 0.29) is 36.0 Å². The molecule has 0 amide bonds. The number of rotatable bonds is 2. The van der Waals surface area contributed by atoms with Crippen molar-refractivity contribution in [3.63, 3.8) is 0 Å². The van der Waals surface area contributed by atoms with Gasteiger partial charge in [0, 0.05) is 18.3 Å². The van der Waals surface area contributed by atoms with Crippen molar-refractivity contribution in [2.45, 2.75) is 32.0 Å². The molecule has 0 radical (unpaired) electrons. The van der Waals surface area contributed by atoms with Crippen LogP contribution in [0.2, 0.25) is 0 Å². The van der Waals surface area contributed by atoms with Crippen molar-refractivity contribution < 1.29 is 19.1 Å². The van der Waals surface area contributed by atoms with E-state index in [1.165, 1.54) is 0 Å². The zero-order valence-electron chi connectivity index (χ0n) is 10.7. The second-order valence-electron chi connectivity index (χ2n) is 5.30. The van der Waals surface area contributed by atoms with E-state index < -0.39 is 0 Å². The van der Waals surface area contributed by atoms with Crippen molar-refractivity contribution in [2.24, 2.45) is 11.8 Å². The number of carbonyl (C=O) groups excluding carboxylic acids is 2. The molecule has 2 fully saturated rings. The number of fused-ring (bicyclic) bond motifs is 1. The lowest BCUT2D eigenvalue weighted by molar-refractivity contribution is -0.141. The van der Waals surface area contributed by atoms with Crippen LogP contribution in [-0.2, 0) is 14.3 Å². The van der Waals surface area contributed by atoms with Crippen molar-refractivity contribution in [1.82, 2.24) is 0 Å². The molecule has 0 aromatic heterocycles. The maximum absolute atomic E-state index is 12.0. The molecule has 0 spiro atoms. The Balaban J connectivity index is 1.66. The third-order valence-electron chi connectivity index (χ3n) is 4.16. The molecular formula is C15H16O4. The Morgan fingerprint density at radius 2 is 2.05 bits per heavy atom. The molecule has 1 saturated carbocycles. The van der Waals surface area contributed by atoms with Gasteiger partial charge in [-0.1, -0.05) is 25.1 Å². The van der Waals surface area contributed by atoms with E-state index in [1.54, 1.807) is 12.1 Å². The number of hydrogen-bond donors (Lipinski definition) is 0. The molecule has 1 aliphatic heterocycles. The first kappa shape index (κ1) is 12.2. The Morgan fingerprint density at radius 1 is 1.32 bits per heavy atom. The molecule has 1 aromatic carbocycles. The van der Waals surface area contributed by atoms with Crippen molar-refractivity contribution in [3.8, 4) is 0 Å². The fraction of sp³-hybridized carbons (Fsp3) is 0.467. The summed E-state index contributed by atoms with van der Waals surface area (Å²) in [6, 6.07) is 8.96. The minimum Gasteiger partial charge on any atom is -0.462 e. The molecule has 100 valence electrons. The van der Waals surface area contributed by atoms with Crippen LogP contribution in [0.1, 0.15) is 30.1 Å². The topological polar surface area (TPSA) is 52.6 Å². The van der Waals surface area contributed by atoms with Crippen LogP contribution in [0.5, 0.6) is 0 Å². The Kier molecular flexibility index (Phi) is 3.01. The van der Waals surface area contributed by atoms with E-state index in [1.807, 2.05) is 25.1 Å². The Hall–Kier alpha value is -1.84. The summed E-state index contributed by atoms with van der Waals surface area (Å²) in [5, 5.41) is 0. The Bertz CT molecular complexity index is 496. The summed E-state index contributed by atoms with van der Waals surface area (Å²) in [5.41, 5.74) is 0.559. The summed E-state index contributed by atoms with van der Waals surface area (Å²) >= 11 is 0. The highest BCUT2D eigenvalue weighted by Gasteiger charge is 2.49. The van der Waals surface area contributed by atoms with E-state index in [2.05, 4.69) is 0 Å². The quantitative estimate of drug-likeness (QED) is 0.765. The van der Waals surface area contributed by atoms with Crippen molar-refractivity contribution >= 4 is 11.9 Å². The van der Waals surface area contributed by atoms with Gasteiger partial charge >= 0.3 is 11.9 Å². The van der Waals surface area contributed by atoms with Gasteiger partial charge < -0.3 is 9.47 Å². The zero-order valence-corrected chi connectivity index (χ0v) is 10.7. The lowest BCUT2D eigenvalue weighted by Gasteiger charge is -2.18. The average Bonchev–Trinajstić information content (AvgIpc) is 2.90. The van der Waals surface area contributed by atoms with Crippen LogP contribution in [0.4, 0.5) is 0 Å². The first-order valence-electron chi connectivity index (χ1n) is 6.60. The minimum absolute atomic E-state index is 0.0731. The monoisotopic (exact) mass is 260 g/mol. The lowest BCUT2D eigenvalue weighted by Crippen LogP contribution is -2.23. The first-order chi connectivity index (χ1) is 9.15. The molecule has 3 rings (SSSR count). The van der Waals surface area contributed by atoms with Gasteiger partial charge in [0.25, 0.3) is 0 Å². The first-order valence-corrected chi connectivity index (χ1v) is 6.60. The highest BCUT2D eigenvalue weighted by molar-refractivity contribution is 5.89. The van der Waals surface area contributed by atoms with E-state index in [4.69, 9.17) is 9.47 Å². The van der Waals surface area contributed by atoms with Crippen LogP contribution in [0.15, 0.2) is 30.3 Å². The van der Waals surface area contributed by atoms with Gasteiger partial charge in [0.1, 0.15) is 12.2 Å². The van der Waals surface area contributed by atoms with Gasteiger partial charge in [-0.05, 0) is 12.1 Å². The van der Waals surface area contributed by atoms with Gasteiger partial charge in [0.2, 0.25) is 0 Å². The van der Waals surface area contributed by atoms with Crippen LogP contribution in [0, 0.1) is 11.8 Å². The summed E-state index contributed by atoms with van der Waals surface area (Å²) in [4.78, 5) is 23.2. The molecule has 0 N–H and O–H groups in total. The van der Waals surface area contributed by atoms with Gasteiger partial charge in [-0.15, -0.1) is 0 Å². The van der Waals surface area contributed by atoms with Crippen LogP contribution in [-0.4, -0.2) is 24.1 Å². The molecule has 0 unspecified atom stereocenters. The molecule has 19 heavy (non-hydrogen) atoms. The largest absolute Gasteiger partial charge is 0.462 e. The highest BCUT2D eigenvalue weighted by atomic mass is 16.6. The minimum atomic E-state index is -0.302. The van der Waals surface area contributed by atoms with Gasteiger partial charge in [-0.25, -0.2) is 4.79 Å². The van der Waals surface area contributed by atoms with Gasteiger partial charge in [-0.2, -0.15) is 0 Å². The normalized spacial score (nSPS) is 32.8. The maximum Gasteiger partial charge on any atom is 0.338 e. The number of carbonyl (C=O) groups is 2. The molecule has 1 saturated heterocycles. The zero-order chi connectivity index (χ0) is 13.4. The molecule has 2 aliphatic rings. The number of ether oxygens (including phenoxy) is 2. The van der Waals surface area contributed by atoms with Crippen molar-refractivity contribution in [3.05, 3.63) is 35.9 Å². The third-order valence-corrected chi connectivity index (χ3v) is 4.16. The van der Waals surface area contributed by atoms with Crippen LogP contribution >= 0.6 is 0 Å². The summed E-state index contributed by atoms with van der Waals surface area (Å²) in [7, 11) is 0. The fourth-order valence-corrected chi connectivity index (χ4v) is 3.03. The number of esters is 2. The van der Waals surface area contributed by atoms with Crippen molar-refractivity contribution in [2.75, 3.05) is 0 Å². The predicted molar refractivity (Wildman–Crippen MR) is 67.4 cm³/mol. The second kappa shape index (κ2) is 4.68. The molecule has 4 nitrogen and oxygen atoms in total. The molecule has 0 bridgehead atoms. The number of benzene rings is 1. The molecule has 1 aliphatic carbocycles. The predicted octanol–water partition coefficient (Wildman–Crippen LogP) is 2.18. The molecule has 4 heteroatoms. The standard InChI is InChI=1S/C15H16O4/c1-9-11-7-14(16)18-13(11)8-12(9)19-15(17)10-5-3-2-4-6-10/h2-6,9,11-13H,7-8H2,1H3/t9-,11-,12-,13-/m0/s1. The van der Waals surface area contributed by atoms with Crippen molar-refractivity contribution in [1.29, 1.82) is 0 Å². The van der Waals surface area contributed by atoms with Gasteiger partial charge in [0.05, 0.1) is 12.0 Å². The number of hydrogen-bond acceptors (Lipinski definition) is 4. The summed E-state index contributed by atoms with van der Waals surface area (Å²) in [6.45, 7) is 2.02. The SMILES string of the molecule is C[C@H]1[C@@H]2CC(=O)O[C@H]2C[C@@H]1OC(=O)c1ccccc1. The average molecular weight is 260 g/mol. The highest BCUT2D eigenvalue weighted by Crippen LogP contribution is 2.42. The smallest absolute Gasteiger partial charge is 0.338 e. The molecule has 4 atom stereocenters. The van der Waals surface area contributed by atoms with Crippen LogP contribution in [0.25, 0.3) is 0 Å². The van der Waals surface area contributed by atoms with E-state index >= 15 is 0 Å². The summed E-state index contributed by atoms with van der Waals surface area (Å²) in [5.74, 6) is -0.0661. The summed E-state index contributed by atoms with van der Waals surface area (Å²) < 4.78 is 10.8. The third kappa shape index (κ3) is 2.23. The van der Waals surface area contributed by atoms with E-state index in [0.717, 1.165) is 0 Å². The summed E-state index contributed by atoms with van der Waals surface area (Å²) in [6.07, 6.45) is 0.841. The molecule has 1 heterocycles. The van der Waals surface area contributed by atoms with Gasteiger partial charge in [0.15, 0.2) is 0 Å². The fourth-order valence-electron chi connectivity index (χ4n) is 3.03. The van der Waals surface area contributed by atoms with E-state index in [0.29, 0.717) is 18.4 Å². The Morgan fingerprint density at radius 3 is 2.74 bits per heavy atom.